The van der Waals surface area contributed by atoms with Gasteiger partial charge in [-0.2, -0.15) is 0 Å². The van der Waals surface area contributed by atoms with Crippen LogP contribution in [-0.2, 0) is 7.05 Å². The molecule has 0 N–H and O–H groups in total. The number of aromatic nitrogens is 3. The fourth-order valence-electron chi connectivity index (χ4n) is 1.32. The minimum Gasteiger partial charge on any atom is -0.316 e. The van der Waals surface area contributed by atoms with Gasteiger partial charge in [0, 0.05) is 13.2 Å². The summed E-state index contributed by atoms with van der Waals surface area (Å²) in [6.07, 6.45) is 3.58. The Balaban J connectivity index is 2.79. The fourth-order valence-corrected chi connectivity index (χ4v) is 1.32. The number of hydrogen-bond donors (Lipinski definition) is 0. The molecule has 0 spiro atoms. The Labute approximate surface area is 76.7 Å². The van der Waals surface area contributed by atoms with E-state index in [0.717, 1.165) is 22.6 Å². The van der Waals surface area contributed by atoms with Gasteiger partial charge in [0.2, 0.25) is 0 Å². The van der Waals surface area contributed by atoms with Crippen LogP contribution in [0.5, 0.6) is 0 Å². The highest BCUT2D eigenvalue weighted by atomic mass is 15.1. The van der Waals surface area contributed by atoms with Crippen LogP contribution in [0.1, 0.15) is 11.4 Å². The van der Waals surface area contributed by atoms with Gasteiger partial charge < -0.3 is 4.57 Å². The second kappa shape index (κ2) is 2.69. The van der Waals surface area contributed by atoms with Crippen molar-refractivity contribution in [3.05, 3.63) is 30.2 Å². The monoisotopic (exact) mass is 173 g/mol. The number of rotatable bonds is 1. The third-order valence-corrected chi connectivity index (χ3v) is 2.19. The Morgan fingerprint density at radius 1 is 1.54 bits per heavy atom. The summed E-state index contributed by atoms with van der Waals surface area (Å²) in [4.78, 5) is 8.68. The van der Waals surface area contributed by atoms with Gasteiger partial charge in [-0.3, -0.25) is 0 Å². The zero-order valence-electron chi connectivity index (χ0n) is 7.78. The third kappa shape index (κ3) is 1.13. The van der Waals surface area contributed by atoms with E-state index in [2.05, 4.69) is 16.5 Å². The highest BCUT2D eigenvalue weighted by molar-refractivity contribution is 5.74. The number of fused-ring (bicyclic) bond motifs is 1. The van der Waals surface area contributed by atoms with Crippen LogP contribution in [-0.4, -0.2) is 14.5 Å². The second-order valence-corrected chi connectivity index (χ2v) is 3.03. The zero-order valence-corrected chi connectivity index (χ0v) is 7.78. The van der Waals surface area contributed by atoms with Gasteiger partial charge in [-0.15, -0.1) is 0 Å². The van der Waals surface area contributed by atoms with E-state index in [4.69, 9.17) is 0 Å². The molecule has 66 valence electrons. The van der Waals surface area contributed by atoms with Gasteiger partial charge in [0.1, 0.15) is 11.3 Å². The largest absolute Gasteiger partial charge is 0.316 e. The number of pyridine rings is 1. The van der Waals surface area contributed by atoms with Gasteiger partial charge in [-0.25, -0.2) is 9.97 Å². The first-order valence-corrected chi connectivity index (χ1v) is 4.14. The summed E-state index contributed by atoms with van der Waals surface area (Å²) in [7, 11) is 1.96. The van der Waals surface area contributed by atoms with Crippen LogP contribution < -0.4 is 0 Å². The van der Waals surface area contributed by atoms with Crippen molar-refractivity contribution in [3.8, 4) is 0 Å². The van der Waals surface area contributed by atoms with E-state index in [-0.39, 0.29) is 0 Å². The van der Waals surface area contributed by atoms with Gasteiger partial charge >= 0.3 is 0 Å². The van der Waals surface area contributed by atoms with Gasteiger partial charge in [0.05, 0.1) is 0 Å². The average Bonchev–Trinajstić information content (AvgIpc) is 2.42. The van der Waals surface area contributed by atoms with Crippen molar-refractivity contribution in [3.63, 3.8) is 0 Å². The van der Waals surface area contributed by atoms with Crippen LogP contribution in [0.3, 0.4) is 0 Å². The van der Waals surface area contributed by atoms with Gasteiger partial charge in [-0.1, -0.05) is 12.7 Å². The van der Waals surface area contributed by atoms with Crippen LogP contribution in [0, 0.1) is 6.92 Å². The first kappa shape index (κ1) is 7.98. The van der Waals surface area contributed by atoms with Gasteiger partial charge in [-0.05, 0) is 18.6 Å². The van der Waals surface area contributed by atoms with Crippen molar-refractivity contribution < 1.29 is 0 Å². The molecule has 3 heteroatoms. The molecule has 2 aromatic heterocycles. The molecule has 0 aliphatic heterocycles. The quantitative estimate of drug-likeness (QED) is 0.659. The van der Waals surface area contributed by atoms with Crippen molar-refractivity contribution in [2.75, 3.05) is 0 Å². The highest BCUT2D eigenvalue weighted by Crippen LogP contribution is 2.13. The Morgan fingerprint density at radius 3 is 3.00 bits per heavy atom. The molecule has 0 bridgehead atoms. The molecule has 0 aromatic carbocycles. The van der Waals surface area contributed by atoms with E-state index in [1.165, 1.54) is 0 Å². The average molecular weight is 173 g/mol. The van der Waals surface area contributed by atoms with E-state index in [9.17, 15) is 0 Å². The smallest absolute Gasteiger partial charge is 0.159 e. The normalized spacial score (nSPS) is 10.6. The second-order valence-electron chi connectivity index (χ2n) is 3.03. The van der Waals surface area contributed by atoms with Crippen LogP contribution in [0.15, 0.2) is 18.8 Å². The minimum absolute atomic E-state index is 0.920. The van der Waals surface area contributed by atoms with E-state index < -0.39 is 0 Å². The minimum atomic E-state index is 0.920. The van der Waals surface area contributed by atoms with Gasteiger partial charge in [0.15, 0.2) is 5.65 Å². The molecule has 0 saturated heterocycles. The summed E-state index contributed by atoms with van der Waals surface area (Å²) in [5.74, 6) is 0.976. The van der Waals surface area contributed by atoms with E-state index in [1.807, 2.05) is 24.6 Å². The molecular weight excluding hydrogens is 162 g/mol. The predicted octanol–water partition coefficient (Wildman–Crippen LogP) is 1.92. The molecule has 0 atom stereocenters. The summed E-state index contributed by atoms with van der Waals surface area (Å²) in [5.41, 5.74) is 2.85. The maximum absolute atomic E-state index is 4.37. The molecule has 2 rings (SSSR count). The summed E-state index contributed by atoms with van der Waals surface area (Å²) in [6.45, 7) is 5.66. The van der Waals surface area contributed by atoms with Crippen LogP contribution >= 0.6 is 0 Å². The maximum atomic E-state index is 4.37. The number of hydrogen-bond acceptors (Lipinski definition) is 2. The molecule has 0 unspecified atom stereocenters. The molecule has 0 fully saturated rings. The zero-order chi connectivity index (χ0) is 9.42. The molecule has 2 heterocycles. The Kier molecular flexibility index (Phi) is 1.65. The molecular formula is C10H11N3. The summed E-state index contributed by atoms with van der Waals surface area (Å²) in [5, 5.41) is 0. The van der Waals surface area contributed by atoms with Crippen LogP contribution in [0.2, 0.25) is 0 Å². The Morgan fingerprint density at radius 2 is 2.31 bits per heavy atom. The first-order chi connectivity index (χ1) is 6.22. The maximum Gasteiger partial charge on any atom is 0.159 e. The standard InChI is InChI=1S/C10H11N3/c1-4-8-5-9-10(11-6-8)13(3)7(2)12-9/h4-6H,1H2,2-3H3. The van der Waals surface area contributed by atoms with E-state index >= 15 is 0 Å². The topological polar surface area (TPSA) is 30.7 Å². The highest BCUT2D eigenvalue weighted by Gasteiger charge is 2.04. The molecule has 0 radical (unpaired) electrons. The lowest BCUT2D eigenvalue weighted by molar-refractivity contribution is 0.874. The van der Waals surface area contributed by atoms with Crippen molar-refractivity contribution in [1.29, 1.82) is 0 Å². The molecule has 0 amide bonds. The summed E-state index contributed by atoms with van der Waals surface area (Å²) >= 11 is 0. The van der Waals surface area contributed by atoms with Crippen molar-refractivity contribution in [1.82, 2.24) is 14.5 Å². The molecule has 3 nitrogen and oxygen atoms in total. The van der Waals surface area contributed by atoms with Crippen LogP contribution in [0.25, 0.3) is 17.2 Å². The Hall–Kier alpha value is -1.64. The van der Waals surface area contributed by atoms with Crippen molar-refractivity contribution in [2.24, 2.45) is 7.05 Å². The SMILES string of the molecule is C=Cc1cnc2c(c1)nc(C)n2C. The van der Waals surface area contributed by atoms with E-state index in [1.54, 1.807) is 12.3 Å². The van der Waals surface area contributed by atoms with Crippen molar-refractivity contribution >= 4 is 17.2 Å². The Bertz CT molecular complexity index is 468. The lowest BCUT2D eigenvalue weighted by atomic mass is 10.3. The van der Waals surface area contributed by atoms with E-state index in [0.29, 0.717) is 0 Å². The fraction of sp³-hybridized carbons (Fsp3) is 0.200. The summed E-state index contributed by atoms with van der Waals surface area (Å²) < 4.78 is 1.97. The first-order valence-electron chi connectivity index (χ1n) is 4.14. The summed E-state index contributed by atoms with van der Waals surface area (Å²) in [6, 6.07) is 1.99. The number of aryl methyl sites for hydroxylation is 2. The molecule has 2 aromatic rings. The molecule has 0 aliphatic rings. The molecule has 0 saturated carbocycles. The lowest BCUT2D eigenvalue weighted by Crippen LogP contribution is -1.91. The molecule has 0 aliphatic carbocycles. The van der Waals surface area contributed by atoms with Crippen molar-refractivity contribution in [2.45, 2.75) is 6.92 Å². The number of nitrogens with zero attached hydrogens (tertiary/aromatic N) is 3. The predicted molar refractivity (Wildman–Crippen MR) is 53.3 cm³/mol. The van der Waals surface area contributed by atoms with Crippen LogP contribution in [0.4, 0.5) is 0 Å². The molecule has 13 heavy (non-hydrogen) atoms. The number of imidazole rings is 1. The third-order valence-electron chi connectivity index (χ3n) is 2.19. The van der Waals surface area contributed by atoms with Gasteiger partial charge in [0.25, 0.3) is 0 Å². The lowest BCUT2D eigenvalue weighted by Gasteiger charge is -1.95.